The zero-order valence-electron chi connectivity index (χ0n) is 15.5. The van der Waals surface area contributed by atoms with Crippen molar-refractivity contribution < 1.29 is 24.0 Å². The molecule has 0 heterocycles. The Morgan fingerprint density at radius 3 is 2.64 bits per heavy atom. The number of nitro groups is 1. The van der Waals surface area contributed by atoms with Crippen molar-refractivity contribution in [1.29, 1.82) is 0 Å². The molecule has 2 atom stereocenters. The van der Waals surface area contributed by atoms with Crippen LogP contribution in [0.4, 0.5) is 0 Å². The molecule has 2 rings (SSSR count). The van der Waals surface area contributed by atoms with Gasteiger partial charge in [0, 0.05) is 25.1 Å². The highest BCUT2D eigenvalue weighted by Gasteiger charge is 2.39. The van der Waals surface area contributed by atoms with Crippen molar-refractivity contribution in [3.05, 3.63) is 64.4 Å². The molecule has 0 aromatic heterocycles. The second-order valence-electron chi connectivity index (χ2n) is 6.32. The summed E-state index contributed by atoms with van der Waals surface area (Å²) in [7, 11) is 2.98. The number of benzene rings is 1. The highest BCUT2D eigenvalue weighted by atomic mass is 16.6. The molecule has 0 fully saturated rings. The molecular weight excluding hydrogens is 368 g/mol. The number of hydrogen-bond donors (Lipinski definition) is 2. The minimum Gasteiger partial charge on any atom is -0.484 e. The molecule has 3 N–H and O–H groups in total. The Bertz CT molecular complexity index is 793. The first-order valence-corrected chi connectivity index (χ1v) is 8.38. The lowest BCUT2D eigenvalue weighted by atomic mass is 10.0. The molecule has 28 heavy (non-hydrogen) atoms. The standard InChI is InChI=1S/C18H22N4O6/c1-21(2)17(24)16(20-15(23)12-27-13-7-4-3-5-8-13)28-14-9-6-10-18(19,11-14)22(25)26/h3-10,16H,11-12,19H2,1-2H3,(H,20,23). The molecule has 0 saturated heterocycles. The summed E-state index contributed by atoms with van der Waals surface area (Å²) < 4.78 is 10.9. The Kier molecular flexibility index (Phi) is 6.72. The fourth-order valence-electron chi connectivity index (χ4n) is 2.31. The van der Waals surface area contributed by atoms with Crippen molar-refractivity contribution in [2.75, 3.05) is 20.7 Å². The molecule has 0 radical (unpaired) electrons. The maximum Gasteiger partial charge on any atom is 0.298 e. The predicted octanol–water partition coefficient (Wildman–Crippen LogP) is 0.388. The topological polar surface area (TPSA) is 137 Å². The zero-order chi connectivity index (χ0) is 20.7. The van der Waals surface area contributed by atoms with Gasteiger partial charge in [0.15, 0.2) is 6.61 Å². The summed E-state index contributed by atoms with van der Waals surface area (Å²) in [4.78, 5) is 36.3. The number of carbonyl (C=O) groups excluding carboxylic acids is 2. The lowest BCUT2D eigenvalue weighted by Crippen LogP contribution is -2.51. The van der Waals surface area contributed by atoms with Crippen LogP contribution >= 0.6 is 0 Å². The Morgan fingerprint density at radius 2 is 2.04 bits per heavy atom. The van der Waals surface area contributed by atoms with Gasteiger partial charge in [-0.05, 0) is 18.2 Å². The first-order valence-electron chi connectivity index (χ1n) is 8.38. The number of amides is 2. The van der Waals surface area contributed by atoms with Gasteiger partial charge >= 0.3 is 0 Å². The van der Waals surface area contributed by atoms with Crippen LogP contribution in [0.15, 0.2) is 54.3 Å². The van der Waals surface area contributed by atoms with Crippen LogP contribution in [0.1, 0.15) is 6.42 Å². The van der Waals surface area contributed by atoms with E-state index in [1.54, 1.807) is 30.3 Å². The molecular formula is C18H22N4O6. The minimum atomic E-state index is -1.84. The molecule has 1 aliphatic rings. The molecule has 10 nitrogen and oxygen atoms in total. The average Bonchev–Trinajstić information content (AvgIpc) is 2.66. The van der Waals surface area contributed by atoms with Gasteiger partial charge in [-0.15, -0.1) is 0 Å². The maximum atomic E-state index is 12.4. The molecule has 0 bridgehead atoms. The van der Waals surface area contributed by atoms with Gasteiger partial charge in [0.25, 0.3) is 23.7 Å². The summed E-state index contributed by atoms with van der Waals surface area (Å²) >= 11 is 0. The minimum absolute atomic E-state index is 0.103. The van der Waals surface area contributed by atoms with E-state index in [9.17, 15) is 19.7 Å². The third-order valence-electron chi connectivity index (χ3n) is 3.80. The average molecular weight is 390 g/mol. The smallest absolute Gasteiger partial charge is 0.298 e. The summed E-state index contributed by atoms with van der Waals surface area (Å²) in [5.74, 6) is -0.546. The molecule has 2 unspecified atom stereocenters. The van der Waals surface area contributed by atoms with Gasteiger partial charge in [-0.3, -0.25) is 25.4 Å². The fraction of sp³-hybridized carbons (Fsp3) is 0.333. The van der Waals surface area contributed by atoms with Gasteiger partial charge in [0.05, 0.1) is 6.42 Å². The van der Waals surface area contributed by atoms with Gasteiger partial charge in [0.2, 0.25) is 0 Å². The number of likely N-dealkylation sites (N-methyl/N-ethyl adjacent to an activating group) is 1. The molecule has 150 valence electrons. The second kappa shape index (κ2) is 9.00. The largest absolute Gasteiger partial charge is 0.484 e. The van der Waals surface area contributed by atoms with E-state index in [1.165, 1.54) is 37.2 Å². The maximum absolute atomic E-state index is 12.4. The van der Waals surface area contributed by atoms with Gasteiger partial charge in [-0.1, -0.05) is 24.3 Å². The van der Waals surface area contributed by atoms with Crippen LogP contribution in [-0.2, 0) is 14.3 Å². The van der Waals surface area contributed by atoms with Gasteiger partial charge < -0.3 is 19.7 Å². The zero-order valence-corrected chi connectivity index (χ0v) is 15.5. The predicted molar refractivity (Wildman–Crippen MR) is 99.4 cm³/mol. The second-order valence-corrected chi connectivity index (χ2v) is 6.32. The number of allylic oxidation sites excluding steroid dienone is 2. The van der Waals surface area contributed by atoms with E-state index in [2.05, 4.69) is 5.32 Å². The van der Waals surface area contributed by atoms with Crippen LogP contribution in [0.2, 0.25) is 0 Å². The third kappa shape index (κ3) is 5.55. The van der Waals surface area contributed by atoms with Crippen LogP contribution < -0.4 is 15.8 Å². The van der Waals surface area contributed by atoms with Gasteiger partial charge in [0.1, 0.15) is 11.5 Å². The highest BCUT2D eigenvalue weighted by Crippen LogP contribution is 2.23. The lowest BCUT2D eigenvalue weighted by Gasteiger charge is -2.27. The molecule has 1 aromatic carbocycles. The number of nitrogens with one attached hydrogen (secondary N) is 1. The number of para-hydroxylation sites is 1. The van der Waals surface area contributed by atoms with Crippen LogP contribution in [0, 0.1) is 10.1 Å². The molecule has 1 aliphatic carbocycles. The first-order chi connectivity index (χ1) is 13.2. The normalized spacial score (nSPS) is 19.2. The number of nitrogens with two attached hydrogens (primary N) is 1. The quantitative estimate of drug-likeness (QED) is 0.372. The van der Waals surface area contributed by atoms with Crippen molar-refractivity contribution in [1.82, 2.24) is 10.2 Å². The molecule has 0 saturated carbocycles. The fourth-order valence-corrected chi connectivity index (χ4v) is 2.31. The van der Waals surface area contributed by atoms with Crippen molar-refractivity contribution in [3.63, 3.8) is 0 Å². The van der Waals surface area contributed by atoms with E-state index in [4.69, 9.17) is 15.2 Å². The van der Waals surface area contributed by atoms with E-state index in [-0.39, 0.29) is 18.8 Å². The Hall–Kier alpha value is -3.40. The molecule has 10 heteroatoms. The summed E-state index contributed by atoms with van der Waals surface area (Å²) in [6, 6.07) is 8.69. The van der Waals surface area contributed by atoms with Crippen LogP contribution in [-0.4, -0.2) is 54.2 Å². The summed E-state index contributed by atoms with van der Waals surface area (Å²) in [6.45, 7) is -0.334. The number of hydrogen-bond acceptors (Lipinski definition) is 7. The molecule has 1 aromatic rings. The lowest BCUT2D eigenvalue weighted by molar-refractivity contribution is -0.554. The van der Waals surface area contributed by atoms with Crippen LogP contribution in [0.3, 0.4) is 0 Å². The SMILES string of the molecule is CN(C)C(=O)C(NC(=O)COc1ccccc1)OC1=CC=CC(N)([N+](=O)[O-])C1. The van der Waals surface area contributed by atoms with E-state index in [0.717, 1.165) is 0 Å². The van der Waals surface area contributed by atoms with Gasteiger partial charge in [-0.2, -0.15) is 0 Å². The van der Waals surface area contributed by atoms with E-state index < -0.39 is 28.6 Å². The van der Waals surface area contributed by atoms with E-state index in [0.29, 0.717) is 5.75 Å². The van der Waals surface area contributed by atoms with E-state index in [1.807, 2.05) is 0 Å². The Morgan fingerprint density at radius 1 is 1.36 bits per heavy atom. The highest BCUT2D eigenvalue weighted by molar-refractivity contribution is 5.87. The van der Waals surface area contributed by atoms with Gasteiger partial charge in [-0.25, -0.2) is 0 Å². The van der Waals surface area contributed by atoms with E-state index >= 15 is 0 Å². The Balaban J connectivity index is 2.03. The van der Waals surface area contributed by atoms with Crippen LogP contribution in [0.5, 0.6) is 5.75 Å². The number of ether oxygens (including phenoxy) is 2. The molecule has 2 amide bonds. The van der Waals surface area contributed by atoms with Crippen molar-refractivity contribution >= 4 is 11.8 Å². The monoisotopic (exact) mass is 390 g/mol. The third-order valence-corrected chi connectivity index (χ3v) is 3.80. The van der Waals surface area contributed by atoms with Crippen molar-refractivity contribution in [2.24, 2.45) is 5.73 Å². The van der Waals surface area contributed by atoms with Crippen LogP contribution in [0.25, 0.3) is 0 Å². The van der Waals surface area contributed by atoms with Crippen molar-refractivity contribution in [2.45, 2.75) is 18.3 Å². The summed E-state index contributed by atoms with van der Waals surface area (Å²) in [5.41, 5.74) is 3.87. The molecule has 0 aliphatic heterocycles. The number of nitrogens with zero attached hydrogens (tertiary/aromatic N) is 2. The Labute approximate surface area is 161 Å². The number of rotatable bonds is 8. The van der Waals surface area contributed by atoms with Crippen molar-refractivity contribution in [3.8, 4) is 5.75 Å². The first kappa shape index (κ1) is 20.9. The molecule has 0 spiro atoms. The number of carbonyl (C=O) groups is 2. The summed E-state index contributed by atoms with van der Waals surface area (Å²) in [5, 5.41) is 13.6. The summed E-state index contributed by atoms with van der Waals surface area (Å²) in [6.07, 6.45) is 2.42.